The molecule has 2 N–H and O–H groups in total. The van der Waals surface area contributed by atoms with Crippen LogP contribution in [0.4, 0.5) is 0 Å². The number of hydrogen-bond donors (Lipinski definition) is 2. The Morgan fingerprint density at radius 2 is 1.37 bits per heavy atom. The van der Waals surface area contributed by atoms with Crippen LogP contribution in [0.25, 0.3) is 11.0 Å². The molecule has 1 unspecified atom stereocenters. The lowest BCUT2D eigenvalue weighted by molar-refractivity contribution is -0.137. The zero-order valence-corrected chi connectivity index (χ0v) is 30.9. The Balaban J connectivity index is 1.59. The molecule has 9 heteroatoms. The molecule has 1 aromatic heterocycles. The molecular weight excluding hydrogens is 635 g/mol. The predicted molar refractivity (Wildman–Crippen MR) is 199 cm³/mol. The maximum absolute atomic E-state index is 13.8. The van der Waals surface area contributed by atoms with Gasteiger partial charge in [0.25, 0.3) is 0 Å². The highest BCUT2D eigenvalue weighted by Crippen LogP contribution is 2.45. The van der Waals surface area contributed by atoms with E-state index in [4.69, 9.17) is 26.4 Å². The number of aryl methyl sites for hydroxylation is 1. The molecule has 1 aliphatic rings. The van der Waals surface area contributed by atoms with E-state index >= 15 is 0 Å². The molecule has 0 radical (unpaired) electrons. The number of esters is 2. The van der Waals surface area contributed by atoms with Gasteiger partial charge in [0, 0.05) is 17.0 Å². The number of para-hydroxylation sites is 2. The summed E-state index contributed by atoms with van der Waals surface area (Å²) < 4.78 is 19.1. The molecule has 8 nitrogen and oxygen atoms in total. The van der Waals surface area contributed by atoms with Crippen molar-refractivity contribution in [3.63, 3.8) is 0 Å². The van der Waals surface area contributed by atoms with Crippen LogP contribution in [0.3, 0.4) is 0 Å². The minimum absolute atomic E-state index is 0.263. The van der Waals surface area contributed by atoms with Gasteiger partial charge in [-0.2, -0.15) is 0 Å². The van der Waals surface area contributed by atoms with Gasteiger partial charge in [-0.1, -0.05) is 108 Å². The summed E-state index contributed by atoms with van der Waals surface area (Å²) in [5.74, 6) is -1.22. The number of nitrogens with zero attached hydrogens (tertiary/aromatic N) is 1. The maximum atomic E-state index is 13.8. The first-order chi connectivity index (χ1) is 23.9. The summed E-state index contributed by atoms with van der Waals surface area (Å²) in [7, 11) is 4.34. The van der Waals surface area contributed by atoms with E-state index in [1.54, 1.807) is 7.11 Å². The Kier molecular flexibility index (Phi) is 15.0. The number of H-pyrrole nitrogens is 1. The zero-order valence-electron chi connectivity index (χ0n) is 30.1. The summed E-state index contributed by atoms with van der Waals surface area (Å²) in [6.45, 7) is 4.36. The van der Waals surface area contributed by atoms with Crippen molar-refractivity contribution >= 4 is 35.2 Å². The Labute approximate surface area is 297 Å². The van der Waals surface area contributed by atoms with Crippen LogP contribution in [0, 0.1) is 4.77 Å². The molecular formula is C40H55N3O5S. The second kappa shape index (κ2) is 19.4. The van der Waals surface area contributed by atoms with Gasteiger partial charge in [-0.15, -0.1) is 0 Å². The average molecular weight is 690 g/mol. The van der Waals surface area contributed by atoms with Gasteiger partial charge in [0.1, 0.15) is 5.75 Å². The monoisotopic (exact) mass is 689 g/mol. The first kappa shape index (κ1) is 38.0. The first-order valence-corrected chi connectivity index (χ1v) is 18.5. The van der Waals surface area contributed by atoms with Gasteiger partial charge in [-0.3, -0.25) is 0 Å². The fraction of sp³-hybridized carbons (Fsp3) is 0.525. The van der Waals surface area contributed by atoms with E-state index < -0.39 is 17.9 Å². The third-order valence-corrected chi connectivity index (χ3v) is 9.99. The number of dihydropyridines is 1. The van der Waals surface area contributed by atoms with Gasteiger partial charge in [0.05, 0.1) is 56.0 Å². The Hall–Kier alpha value is -3.85. The number of benzene rings is 2. The highest BCUT2D eigenvalue weighted by atomic mass is 32.1. The molecule has 0 fully saturated rings. The molecule has 0 amide bonds. The Morgan fingerprint density at radius 1 is 0.776 bits per heavy atom. The number of nitrogens with one attached hydrogen (secondary N) is 2. The lowest BCUT2D eigenvalue weighted by Gasteiger charge is -2.33. The number of fused-ring (bicyclic) bond motifs is 1. The molecule has 0 spiro atoms. The highest BCUT2D eigenvalue weighted by Gasteiger charge is 2.41. The maximum Gasteiger partial charge on any atom is 0.336 e. The second-order valence-corrected chi connectivity index (χ2v) is 13.4. The number of rotatable bonds is 20. The first-order valence-electron chi connectivity index (χ1n) is 18.1. The van der Waals surface area contributed by atoms with Crippen molar-refractivity contribution in [2.24, 2.45) is 0 Å². The van der Waals surface area contributed by atoms with Crippen LogP contribution in [0.2, 0.25) is 0 Å². The van der Waals surface area contributed by atoms with E-state index in [1.165, 1.54) is 84.8 Å². The lowest BCUT2D eigenvalue weighted by Crippen LogP contribution is -2.35. The number of hydrogen-bond acceptors (Lipinski definition) is 7. The van der Waals surface area contributed by atoms with Crippen LogP contribution < -0.4 is 10.1 Å². The van der Waals surface area contributed by atoms with Gasteiger partial charge < -0.3 is 29.1 Å². The van der Waals surface area contributed by atoms with Gasteiger partial charge in [0.15, 0.2) is 4.77 Å². The Bertz CT molecular complexity index is 1680. The molecule has 1 atom stereocenters. The SMILES string of the molecule is CCCCCCCCCCCCCCCc1cccc(OC)c1C1C(C(=O)OC)=C(C)NC(Cn2c(=S)[nH]c3ccccc32)=C1C(=O)OC. The van der Waals surface area contributed by atoms with Crippen molar-refractivity contribution < 1.29 is 23.8 Å². The average Bonchev–Trinajstić information content (AvgIpc) is 3.43. The van der Waals surface area contributed by atoms with Crippen LogP contribution in [0.5, 0.6) is 5.75 Å². The number of carbonyl (C=O) groups excluding carboxylic acids is 2. The molecule has 0 saturated heterocycles. The molecule has 49 heavy (non-hydrogen) atoms. The number of carbonyl (C=O) groups is 2. The van der Waals surface area contributed by atoms with E-state index in [9.17, 15) is 9.59 Å². The van der Waals surface area contributed by atoms with Crippen LogP contribution in [-0.4, -0.2) is 42.8 Å². The number of ether oxygens (including phenoxy) is 3. The minimum Gasteiger partial charge on any atom is -0.496 e. The summed E-state index contributed by atoms with van der Waals surface area (Å²) in [4.78, 5) is 30.6. The summed E-state index contributed by atoms with van der Waals surface area (Å²) in [5.41, 5.74) is 5.50. The number of methoxy groups -OCH3 is 3. The fourth-order valence-electron chi connectivity index (χ4n) is 7.11. The zero-order chi connectivity index (χ0) is 35.2. The molecule has 2 heterocycles. The predicted octanol–water partition coefficient (Wildman–Crippen LogP) is 9.60. The molecule has 0 aliphatic carbocycles. The molecule has 0 bridgehead atoms. The normalized spacial score (nSPS) is 14.7. The topological polar surface area (TPSA) is 94.6 Å². The summed E-state index contributed by atoms with van der Waals surface area (Å²) in [5, 5.41) is 3.37. The number of imidazole rings is 1. The van der Waals surface area contributed by atoms with E-state index in [0.29, 0.717) is 33.1 Å². The number of allylic oxidation sites excluding steroid dienone is 2. The van der Waals surface area contributed by atoms with E-state index in [0.717, 1.165) is 41.4 Å². The van der Waals surface area contributed by atoms with Crippen molar-refractivity contribution in [3.05, 3.63) is 80.9 Å². The van der Waals surface area contributed by atoms with Crippen LogP contribution in [0.15, 0.2) is 65.0 Å². The molecule has 0 saturated carbocycles. The highest BCUT2D eigenvalue weighted by molar-refractivity contribution is 7.71. The van der Waals surface area contributed by atoms with Crippen molar-refractivity contribution in [2.45, 2.75) is 116 Å². The van der Waals surface area contributed by atoms with Crippen molar-refractivity contribution in [3.8, 4) is 5.75 Å². The van der Waals surface area contributed by atoms with Crippen molar-refractivity contribution in [2.75, 3.05) is 21.3 Å². The Morgan fingerprint density at radius 3 is 1.98 bits per heavy atom. The number of unbranched alkanes of at least 4 members (excludes halogenated alkanes) is 12. The molecule has 266 valence electrons. The lowest BCUT2D eigenvalue weighted by atomic mass is 9.77. The molecule has 3 aromatic rings. The number of aromatic nitrogens is 2. The molecule has 4 rings (SSSR count). The minimum atomic E-state index is -0.774. The molecule has 1 aliphatic heterocycles. The largest absolute Gasteiger partial charge is 0.496 e. The van der Waals surface area contributed by atoms with Crippen molar-refractivity contribution in [1.82, 2.24) is 14.9 Å². The summed E-state index contributed by atoms with van der Waals surface area (Å²) in [6, 6.07) is 13.8. The van der Waals surface area contributed by atoms with Gasteiger partial charge >= 0.3 is 11.9 Å². The quantitative estimate of drug-likeness (QED) is 0.0693. The third kappa shape index (κ3) is 9.65. The van der Waals surface area contributed by atoms with Gasteiger partial charge in [-0.05, 0) is 55.7 Å². The number of aromatic amines is 1. The van der Waals surface area contributed by atoms with Gasteiger partial charge in [0.2, 0.25) is 0 Å². The fourth-order valence-corrected chi connectivity index (χ4v) is 7.38. The third-order valence-electron chi connectivity index (χ3n) is 9.67. The summed E-state index contributed by atoms with van der Waals surface area (Å²) in [6.07, 6.45) is 17.4. The van der Waals surface area contributed by atoms with E-state index in [-0.39, 0.29) is 6.54 Å². The van der Waals surface area contributed by atoms with Crippen LogP contribution in [0.1, 0.15) is 114 Å². The van der Waals surface area contributed by atoms with Crippen molar-refractivity contribution in [1.29, 1.82) is 0 Å². The van der Waals surface area contributed by atoms with E-state index in [1.807, 2.05) is 47.9 Å². The second-order valence-electron chi connectivity index (χ2n) is 13.0. The van der Waals surface area contributed by atoms with Crippen LogP contribution in [-0.2, 0) is 32.0 Å². The smallest absolute Gasteiger partial charge is 0.336 e. The van der Waals surface area contributed by atoms with Gasteiger partial charge in [-0.25, -0.2) is 9.59 Å². The summed E-state index contributed by atoms with van der Waals surface area (Å²) >= 11 is 5.71. The standard InChI is InChI=1S/C40H55N3O5S/c1-6-7-8-9-10-11-12-13-14-15-16-17-18-22-29-23-21-26-33(46-3)35(29)37-34(38(44)47-4)28(2)41-31(36(37)39(45)48-5)27-43-32-25-20-19-24-30(32)42-40(43)49/h19-21,23-26,37,41H,6-18,22,27H2,1-5H3,(H,42,49). The van der Waals surface area contributed by atoms with E-state index in [2.05, 4.69) is 23.3 Å². The molecule has 2 aromatic carbocycles. The van der Waals surface area contributed by atoms with Crippen LogP contribution >= 0.6 is 12.2 Å².